The molecule has 6 nitrogen and oxygen atoms in total. The normalized spacial score (nSPS) is 19.0. The Bertz CT molecular complexity index is 650. The summed E-state index contributed by atoms with van der Waals surface area (Å²) in [5.74, 6) is -0.191. The summed E-state index contributed by atoms with van der Waals surface area (Å²) in [5, 5.41) is 7.11. The maximum atomic E-state index is 12.2. The van der Waals surface area contributed by atoms with Crippen LogP contribution in [0.4, 0.5) is 5.69 Å². The van der Waals surface area contributed by atoms with Gasteiger partial charge in [-0.3, -0.25) is 9.48 Å². The molecule has 2 heterocycles. The Morgan fingerprint density at radius 2 is 2.21 bits per heavy atom. The molecule has 24 heavy (non-hydrogen) atoms. The van der Waals surface area contributed by atoms with Gasteiger partial charge in [0.15, 0.2) is 0 Å². The summed E-state index contributed by atoms with van der Waals surface area (Å²) in [6, 6.07) is 9.49. The zero-order valence-electron chi connectivity index (χ0n) is 13.7. The quantitative estimate of drug-likeness (QED) is 0.851. The molecule has 0 saturated carbocycles. The number of aromatic nitrogens is 2. The second-order valence-electron chi connectivity index (χ2n) is 6.23. The molecule has 3 N–H and O–H groups in total. The third kappa shape index (κ3) is 4.66. The Kier molecular flexibility index (Phi) is 5.61. The van der Waals surface area contributed by atoms with Gasteiger partial charge < -0.3 is 15.8 Å². The molecule has 1 aliphatic rings. The minimum absolute atomic E-state index is 0.0975. The molecule has 2 atom stereocenters. The number of hydrogen-bond acceptors (Lipinski definition) is 4. The van der Waals surface area contributed by atoms with E-state index in [-0.39, 0.29) is 12.0 Å². The minimum Gasteiger partial charge on any atom is -0.378 e. The number of carbonyl (C=O) groups is 1. The SMILES string of the molecule is NC(CC1CCCCO1)C(=O)Nc1cnn(Cc2ccccc2)c1. The Balaban J connectivity index is 1.51. The summed E-state index contributed by atoms with van der Waals surface area (Å²) in [4.78, 5) is 12.2. The lowest BCUT2D eigenvalue weighted by molar-refractivity contribution is -0.118. The van der Waals surface area contributed by atoms with Gasteiger partial charge in [-0.25, -0.2) is 0 Å². The molecule has 3 rings (SSSR count). The molecule has 0 spiro atoms. The molecule has 6 heteroatoms. The second-order valence-corrected chi connectivity index (χ2v) is 6.23. The van der Waals surface area contributed by atoms with E-state index in [0.29, 0.717) is 18.7 Å². The van der Waals surface area contributed by atoms with Gasteiger partial charge in [-0.2, -0.15) is 5.10 Å². The van der Waals surface area contributed by atoms with Crippen LogP contribution in [0.15, 0.2) is 42.7 Å². The van der Waals surface area contributed by atoms with Crippen LogP contribution >= 0.6 is 0 Å². The zero-order chi connectivity index (χ0) is 16.8. The Morgan fingerprint density at radius 3 is 2.96 bits per heavy atom. The van der Waals surface area contributed by atoms with E-state index in [1.807, 2.05) is 36.5 Å². The van der Waals surface area contributed by atoms with E-state index in [1.165, 1.54) is 0 Å². The van der Waals surface area contributed by atoms with Crippen molar-refractivity contribution in [1.82, 2.24) is 9.78 Å². The van der Waals surface area contributed by atoms with Crippen LogP contribution in [0.25, 0.3) is 0 Å². The highest BCUT2D eigenvalue weighted by atomic mass is 16.5. The number of anilines is 1. The van der Waals surface area contributed by atoms with Crippen LogP contribution in [0.5, 0.6) is 0 Å². The first-order chi connectivity index (χ1) is 11.7. The van der Waals surface area contributed by atoms with E-state index in [2.05, 4.69) is 10.4 Å². The van der Waals surface area contributed by atoms with Crippen molar-refractivity contribution in [2.75, 3.05) is 11.9 Å². The molecule has 128 valence electrons. The van der Waals surface area contributed by atoms with Gasteiger partial charge in [0.25, 0.3) is 0 Å². The number of ether oxygens (including phenoxy) is 1. The van der Waals surface area contributed by atoms with E-state index < -0.39 is 6.04 Å². The van der Waals surface area contributed by atoms with Crippen molar-refractivity contribution in [1.29, 1.82) is 0 Å². The van der Waals surface area contributed by atoms with E-state index in [1.54, 1.807) is 10.9 Å². The van der Waals surface area contributed by atoms with Crippen LogP contribution in [0.3, 0.4) is 0 Å². The van der Waals surface area contributed by atoms with Crippen LogP contribution in [-0.2, 0) is 16.1 Å². The van der Waals surface area contributed by atoms with Gasteiger partial charge in [0, 0.05) is 12.8 Å². The Morgan fingerprint density at radius 1 is 1.38 bits per heavy atom. The lowest BCUT2D eigenvalue weighted by atomic mass is 10.0. The van der Waals surface area contributed by atoms with Crippen LogP contribution < -0.4 is 11.1 Å². The first-order valence-corrected chi connectivity index (χ1v) is 8.45. The molecule has 0 bridgehead atoms. The van der Waals surface area contributed by atoms with E-state index in [0.717, 1.165) is 31.4 Å². The van der Waals surface area contributed by atoms with Crippen molar-refractivity contribution in [3.05, 3.63) is 48.3 Å². The predicted molar refractivity (Wildman–Crippen MR) is 92.6 cm³/mol. The molecule has 0 aliphatic carbocycles. The molecule has 2 unspecified atom stereocenters. The van der Waals surface area contributed by atoms with Crippen LogP contribution in [0.1, 0.15) is 31.2 Å². The molecular weight excluding hydrogens is 304 g/mol. The molecule has 1 amide bonds. The molecule has 2 aromatic rings. The van der Waals surface area contributed by atoms with E-state index in [9.17, 15) is 4.79 Å². The van der Waals surface area contributed by atoms with Crippen molar-refractivity contribution in [2.24, 2.45) is 5.73 Å². The zero-order valence-corrected chi connectivity index (χ0v) is 13.7. The summed E-state index contributed by atoms with van der Waals surface area (Å²) in [6.07, 6.45) is 7.34. The highest BCUT2D eigenvalue weighted by molar-refractivity contribution is 5.94. The van der Waals surface area contributed by atoms with Gasteiger partial charge in [-0.05, 0) is 31.2 Å². The van der Waals surface area contributed by atoms with Gasteiger partial charge in [0.05, 0.1) is 30.6 Å². The third-order valence-electron chi connectivity index (χ3n) is 4.22. The smallest absolute Gasteiger partial charge is 0.241 e. The lowest BCUT2D eigenvalue weighted by Gasteiger charge is -2.24. The fraction of sp³-hybridized carbons (Fsp3) is 0.444. The van der Waals surface area contributed by atoms with Gasteiger partial charge in [-0.1, -0.05) is 30.3 Å². The second kappa shape index (κ2) is 8.08. The van der Waals surface area contributed by atoms with Crippen molar-refractivity contribution in [3.8, 4) is 0 Å². The van der Waals surface area contributed by atoms with Crippen LogP contribution in [-0.4, -0.2) is 34.4 Å². The van der Waals surface area contributed by atoms with Crippen LogP contribution in [0, 0.1) is 0 Å². The third-order valence-corrected chi connectivity index (χ3v) is 4.22. The minimum atomic E-state index is -0.564. The first-order valence-electron chi connectivity index (χ1n) is 8.45. The average molecular weight is 328 g/mol. The van der Waals surface area contributed by atoms with Crippen molar-refractivity contribution in [2.45, 2.75) is 44.4 Å². The number of nitrogens with one attached hydrogen (secondary N) is 1. The number of benzene rings is 1. The molecule has 1 saturated heterocycles. The highest BCUT2D eigenvalue weighted by Crippen LogP contribution is 2.17. The maximum Gasteiger partial charge on any atom is 0.241 e. The standard InChI is InChI=1S/C18H24N4O2/c19-17(10-16-8-4-5-9-24-16)18(23)21-15-11-20-22(13-15)12-14-6-2-1-3-7-14/h1-3,6-7,11,13,16-17H,4-5,8-10,12,19H2,(H,21,23). The van der Waals surface area contributed by atoms with Gasteiger partial charge >= 0.3 is 0 Å². The average Bonchev–Trinajstić information content (AvgIpc) is 3.03. The molecule has 1 fully saturated rings. The topological polar surface area (TPSA) is 82.2 Å². The maximum absolute atomic E-state index is 12.2. The van der Waals surface area contributed by atoms with E-state index in [4.69, 9.17) is 10.5 Å². The summed E-state index contributed by atoms with van der Waals surface area (Å²) in [6.45, 7) is 1.43. The van der Waals surface area contributed by atoms with Gasteiger partial charge in [-0.15, -0.1) is 0 Å². The summed E-state index contributed by atoms with van der Waals surface area (Å²) < 4.78 is 7.44. The number of nitrogens with two attached hydrogens (primary N) is 1. The fourth-order valence-electron chi connectivity index (χ4n) is 2.90. The number of amides is 1. The summed E-state index contributed by atoms with van der Waals surface area (Å²) in [5.41, 5.74) is 7.83. The molecule has 0 radical (unpaired) electrons. The molecule has 1 aromatic carbocycles. The predicted octanol–water partition coefficient (Wildman–Crippen LogP) is 2.16. The summed E-state index contributed by atoms with van der Waals surface area (Å²) in [7, 11) is 0. The number of nitrogens with zero attached hydrogens (tertiary/aromatic N) is 2. The Labute approximate surface area is 142 Å². The van der Waals surface area contributed by atoms with Crippen molar-refractivity contribution >= 4 is 11.6 Å². The number of carbonyl (C=O) groups excluding carboxylic acids is 1. The van der Waals surface area contributed by atoms with Crippen molar-refractivity contribution in [3.63, 3.8) is 0 Å². The number of rotatable bonds is 6. The fourth-order valence-corrected chi connectivity index (χ4v) is 2.90. The van der Waals surface area contributed by atoms with Crippen LogP contribution in [0.2, 0.25) is 0 Å². The molecule has 1 aromatic heterocycles. The first kappa shape index (κ1) is 16.7. The summed E-state index contributed by atoms with van der Waals surface area (Å²) >= 11 is 0. The van der Waals surface area contributed by atoms with Gasteiger partial charge in [0.1, 0.15) is 0 Å². The number of hydrogen-bond donors (Lipinski definition) is 2. The monoisotopic (exact) mass is 328 g/mol. The molecule has 1 aliphatic heterocycles. The van der Waals surface area contributed by atoms with E-state index >= 15 is 0 Å². The Hall–Kier alpha value is -2.18. The largest absolute Gasteiger partial charge is 0.378 e. The van der Waals surface area contributed by atoms with Crippen molar-refractivity contribution < 1.29 is 9.53 Å². The van der Waals surface area contributed by atoms with Gasteiger partial charge in [0.2, 0.25) is 5.91 Å². The highest BCUT2D eigenvalue weighted by Gasteiger charge is 2.22. The lowest BCUT2D eigenvalue weighted by Crippen LogP contribution is -2.39. The molecular formula is C18H24N4O2.